The first-order chi connectivity index (χ1) is 6.68. The first-order valence-corrected chi connectivity index (χ1v) is 5.66. The molecule has 1 N–H and O–H groups in total. The molecular formula is C12H14OS. The number of rotatable bonds is 2. The Hall–Kier alpha value is -0.860. The van der Waals surface area contributed by atoms with Crippen LogP contribution in [0.5, 0.6) is 0 Å². The number of benzene rings is 1. The molecule has 74 valence electrons. The highest BCUT2D eigenvalue weighted by molar-refractivity contribution is 7.19. The molecule has 2 rings (SSSR count). The summed E-state index contributed by atoms with van der Waals surface area (Å²) in [6, 6.07) is 10.3. The van der Waals surface area contributed by atoms with Gasteiger partial charge in [-0.3, -0.25) is 0 Å². The zero-order valence-electron chi connectivity index (χ0n) is 8.40. The summed E-state index contributed by atoms with van der Waals surface area (Å²) in [6.45, 7) is 4.07. The molecule has 2 aromatic rings. The maximum atomic E-state index is 9.91. The van der Waals surface area contributed by atoms with Crippen LogP contribution in [0, 0.1) is 5.92 Å². The van der Waals surface area contributed by atoms with Gasteiger partial charge in [0.05, 0.1) is 6.10 Å². The van der Waals surface area contributed by atoms with Crippen molar-refractivity contribution in [1.29, 1.82) is 0 Å². The molecule has 0 saturated carbocycles. The fraction of sp³-hybridized carbons (Fsp3) is 0.333. The lowest BCUT2D eigenvalue weighted by atomic mass is 10.1. The minimum Gasteiger partial charge on any atom is -0.387 e. The Morgan fingerprint density at radius 2 is 1.93 bits per heavy atom. The van der Waals surface area contributed by atoms with Crippen molar-refractivity contribution < 1.29 is 5.11 Å². The number of hydrogen-bond donors (Lipinski definition) is 1. The highest BCUT2D eigenvalue weighted by atomic mass is 32.1. The van der Waals surface area contributed by atoms with E-state index in [1.165, 1.54) is 10.1 Å². The van der Waals surface area contributed by atoms with Gasteiger partial charge in [-0.25, -0.2) is 0 Å². The van der Waals surface area contributed by atoms with E-state index in [4.69, 9.17) is 0 Å². The third-order valence-corrected chi connectivity index (χ3v) is 3.55. The van der Waals surface area contributed by atoms with Gasteiger partial charge in [0.25, 0.3) is 0 Å². The van der Waals surface area contributed by atoms with E-state index >= 15 is 0 Å². The first-order valence-electron chi connectivity index (χ1n) is 4.85. The Labute approximate surface area is 88.0 Å². The van der Waals surface area contributed by atoms with Gasteiger partial charge in [0, 0.05) is 9.58 Å². The lowest BCUT2D eigenvalue weighted by molar-refractivity contribution is 0.130. The average Bonchev–Trinajstić information content (AvgIpc) is 2.59. The fourth-order valence-electron chi connectivity index (χ4n) is 1.48. The lowest BCUT2D eigenvalue weighted by Crippen LogP contribution is -2.02. The smallest absolute Gasteiger partial charge is 0.0905 e. The van der Waals surface area contributed by atoms with Gasteiger partial charge >= 0.3 is 0 Å². The number of fused-ring (bicyclic) bond motifs is 1. The van der Waals surface area contributed by atoms with Crippen LogP contribution in [0.4, 0.5) is 0 Å². The molecule has 2 heteroatoms. The van der Waals surface area contributed by atoms with E-state index in [1.807, 2.05) is 26.0 Å². The monoisotopic (exact) mass is 206 g/mol. The normalized spacial score (nSPS) is 13.7. The van der Waals surface area contributed by atoms with E-state index < -0.39 is 0 Å². The molecule has 0 spiro atoms. The quantitative estimate of drug-likeness (QED) is 0.796. The summed E-state index contributed by atoms with van der Waals surface area (Å²) >= 11 is 1.68. The molecule has 1 aromatic carbocycles. The van der Waals surface area contributed by atoms with Gasteiger partial charge in [0.15, 0.2) is 0 Å². The van der Waals surface area contributed by atoms with Crippen LogP contribution in [0.3, 0.4) is 0 Å². The molecule has 1 heterocycles. The molecule has 0 amide bonds. The molecule has 0 aliphatic carbocycles. The van der Waals surface area contributed by atoms with Crippen LogP contribution in [0.25, 0.3) is 10.1 Å². The van der Waals surface area contributed by atoms with Gasteiger partial charge < -0.3 is 5.11 Å². The molecule has 0 fully saturated rings. The number of aliphatic hydroxyl groups is 1. The van der Waals surface area contributed by atoms with E-state index in [9.17, 15) is 5.11 Å². The SMILES string of the molecule is CC(C)C(O)c1cc2ccccc2s1. The summed E-state index contributed by atoms with van der Waals surface area (Å²) in [5.74, 6) is 0.281. The summed E-state index contributed by atoms with van der Waals surface area (Å²) in [5, 5.41) is 11.1. The third kappa shape index (κ3) is 1.68. The van der Waals surface area contributed by atoms with Crippen LogP contribution >= 0.6 is 11.3 Å². The van der Waals surface area contributed by atoms with E-state index in [-0.39, 0.29) is 12.0 Å². The van der Waals surface area contributed by atoms with Crippen molar-refractivity contribution in [1.82, 2.24) is 0 Å². The Bertz CT molecular complexity index is 398. The maximum Gasteiger partial charge on any atom is 0.0905 e. The van der Waals surface area contributed by atoms with Crippen LogP contribution in [0.15, 0.2) is 30.3 Å². The van der Waals surface area contributed by atoms with Crippen molar-refractivity contribution in [3.63, 3.8) is 0 Å². The van der Waals surface area contributed by atoms with E-state index in [0.717, 1.165) is 4.88 Å². The Balaban J connectivity index is 2.45. The Morgan fingerprint density at radius 3 is 2.57 bits per heavy atom. The average molecular weight is 206 g/mol. The second-order valence-electron chi connectivity index (χ2n) is 3.88. The van der Waals surface area contributed by atoms with Crippen molar-refractivity contribution in [2.24, 2.45) is 5.92 Å². The van der Waals surface area contributed by atoms with Crippen molar-refractivity contribution in [3.8, 4) is 0 Å². The van der Waals surface area contributed by atoms with Crippen molar-refractivity contribution in [3.05, 3.63) is 35.2 Å². The fourth-order valence-corrected chi connectivity index (χ4v) is 2.70. The van der Waals surface area contributed by atoms with Gasteiger partial charge in [-0.1, -0.05) is 32.0 Å². The summed E-state index contributed by atoms with van der Waals surface area (Å²) in [6.07, 6.45) is -0.326. The Morgan fingerprint density at radius 1 is 1.21 bits per heavy atom. The highest BCUT2D eigenvalue weighted by Gasteiger charge is 2.14. The van der Waals surface area contributed by atoms with Crippen LogP contribution in [-0.2, 0) is 0 Å². The molecule has 1 unspecified atom stereocenters. The highest BCUT2D eigenvalue weighted by Crippen LogP contribution is 2.32. The molecule has 1 aromatic heterocycles. The molecule has 0 saturated heterocycles. The van der Waals surface area contributed by atoms with Crippen LogP contribution in [0.2, 0.25) is 0 Å². The minimum atomic E-state index is -0.326. The van der Waals surface area contributed by atoms with Crippen molar-refractivity contribution in [2.75, 3.05) is 0 Å². The van der Waals surface area contributed by atoms with Gasteiger partial charge in [-0.05, 0) is 23.4 Å². The predicted octanol–water partition coefficient (Wildman–Crippen LogP) is 3.59. The second-order valence-corrected chi connectivity index (χ2v) is 4.99. The largest absolute Gasteiger partial charge is 0.387 e. The number of thiophene rings is 1. The Kier molecular flexibility index (Phi) is 2.57. The molecule has 0 aliphatic rings. The molecule has 1 nitrogen and oxygen atoms in total. The lowest BCUT2D eigenvalue weighted by Gasteiger charge is -2.11. The van der Waals surface area contributed by atoms with Crippen LogP contribution < -0.4 is 0 Å². The number of hydrogen-bond acceptors (Lipinski definition) is 2. The van der Waals surface area contributed by atoms with Crippen molar-refractivity contribution in [2.45, 2.75) is 20.0 Å². The zero-order valence-corrected chi connectivity index (χ0v) is 9.21. The third-order valence-electron chi connectivity index (χ3n) is 2.37. The minimum absolute atomic E-state index is 0.281. The van der Waals surface area contributed by atoms with Crippen molar-refractivity contribution >= 4 is 21.4 Å². The zero-order chi connectivity index (χ0) is 10.1. The second kappa shape index (κ2) is 3.71. The van der Waals surface area contributed by atoms with Crippen LogP contribution in [-0.4, -0.2) is 5.11 Å². The van der Waals surface area contributed by atoms with E-state index in [2.05, 4.69) is 18.2 Å². The van der Waals surface area contributed by atoms with Gasteiger partial charge in [-0.15, -0.1) is 11.3 Å². The standard InChI is InChI=1S/C12H14OS/c1-8(2)12(13)11-7-9-5-3-4-6-10(9)14-11/h3-8,12-13H,1-2H3. The summed E-state index contributed by atoms with van der Waals surface area (Å²) < 4.78 is 1.25. The molecular weight excluding hydrogens is 192 g/mol. The summed E-state index contributed by atoms with van der Waals surface area (Å²) in [4.78, 5) is 1.07. The van der Waals surface area contributed by atoms with Gasteiger partial charge in [0.1, 0.15) is 0 Å². The van der Waals surface area contributed by atoms with Crippen LogP contribution in [0.1, 0.15) is 24.8 Å². The predicted molar refractivity (Wildman–Crippen MR) is 61.6 cm³/mol. The summed E-state index contributed by atoms with van der Waals surface area (Å²) in [7, 11) is 0. The molecule has 1 atom stereocenters. The maximum absolute atomic E-state index is 9.91. The molecule has 14 heavy (non-hydrogen) atoms. The van der Waals surface area contributed by atoms with E-state index in [1.54, 1.807) is 11.3 Å². The van der Waals surface area contributed by atoms with Gasteiger partial charge in [0.2, 0.25) is 0 Å². The number of aliphatic hydroxyl groups excluding tert-OH is 1. The molecule has 0 aliphatic heterocycles. The first kappa shape index (κ1) is 9.69. The topological polar surface area (TPSA) is 20.2 Å². The molecule has 0 bridgehead atoms. The van der Waals surface area contributed by atoms with Gasteiger partial charge in [-0.2, -0.15) is 0 Å². The van der Waals surface area contributed by atoms with E-state index in [0.29, 0.717) is 0 Å². The summed E-state index contributed by atoms with van der Waals surface area (Å²) in [5.41, 5.74) is 0. The molecule has 0 radical (unpaired) electrons.